The van der Waals surface area contributed by atoms with E-state index in [0.29, 0.717) is 12.2 Å². The molecule has 0 radical (unpaired) electrons. The molecule has 19 heavy (non-hydrogen) atoms. The first-order valence-electron chi connectivity index (χ1n) is 5.94. The Labute approximate surface area is 110 Å². The van der Waals surface area contributed by atoms with Crippen molar-refractivity contribution in [1.29, 1.82) is 0 Å². The maximum Gasteiger partial charge on any atom is 0.326 e. The number of aromatic nitrogens is 1. The molecule has 5 heteroatoms. The summed E-state index contributed by atoms with van der Waals surface area (Å²) in [5.74, 6) is -0.352. The highest BCUT2D eigenvalue weighted by Gasteiger charge is 2.10. The van der Waals surface area contributed by atoms with E-state index >= 15 is 0 Å². The lowest BCUT2D eigenvalue weighted by Gasteiger charge is -2.06. The molecule has 0 aliphatic heterocycles. The van der Waals surface area contributed by atoms with Gasteiger partial charge >= 0.3 is 5.97 Å². The molecule has 0 saturated heterocycles. The van der Waals surface area contributed by atoms with E-state index in [9.17, 15) is 9.59 Å². The summed E-state index contributed by atoms with van der Waals surface area (Å²) in [5.41, 5.74) is 1.41. The van der Waals surface area contributed by atoms with Crippen LogP contribution in [-0.2, 0) is 20.8 Å². The van der Waals surface area contributed by atoms with E-state index in [-0.39, 0.29) is 19.1 Å². The first-order valence-corrected chi connectivity index (χ1v) is 5.94. The minimum absolute atomic E-state index is 0.0814. The first kappa shape index (κ1) is 13.3. The molecular weight excluding hydrogens is 246 g/mol. The Kier molecular flexibility index (Phi) is 4.30. The number of esters is 1. The number of nitrogens with zero attached hydrogens (tertiary/aromatic N) is 1. The van der Waals surface area contributed by atoms with E-state index in [1.54, 1.807) is 17.9 Å². The highest BCUT2D eigenvalue weighted by Crippen LogP contribution is 2.19. The second kappa shape index (κ2) is 6.15. The first-order chi connectivity index (χ1) is 9.26. The summed E-state index contributed by atoms with van der Waals surface area (Å²) in [6.45, 7) is 0.685. The van der Waals surface area contributed by atoms with Gasteiger partial charge in [-0.25, -0.2) is 0 Å². The van der Waals surface area contributed by atoms with Crippen molar-refractivity contribution in [3.05, 3.63) is 36.0 Å². The van der Waals surface area contributed by atoms with Crippen LogP contribution in [0.2, 0.25) is 0 Å². The molecule has 0 fully saturated rings. The molecule has 0 unspecified atom stereocenters. The molecule has 0 spiro atoms. The van der Waals surface area contributed by atoms with Gasteiger partial charge in [-0.1, -0.05) is 18.2 Å². The molecule has 1 aromatic carbocycles. The summed E-state index contributed by atoms with van der Waals surface area (Å²) in [6, 6.07) is 7.44. The number of carbonyl (C=O) groups is 2. The van der Waals surface area contributed by atoms with Gasteiger partial charge in [0.1, 0.15) is 13.2 Å². The van der Waals surface area contributed by atoms with Crippen LogP contribution in [0.3, 0.4) is 0 Å². The van der Waals surface area contributed by atoms with Gasteiger partial charge in [0.05, 0.1) is 6.61 Å². The average Bonchev–Trinajstić information content (AvgIpc) is 2.77. The fraction of sp³-hybridized carbons (Fsp3) is 0.286. The lowest BCUT2D eigenvalue weighted by atomic mass is 10.2. The van der Waals surface area contributed by atoms with Gasteiger partial charge in [0.2, 0.25) is 0 Å². The van der Waals surface area contributed by atoms with E-state index in [2.05, 4.69) is 0 Å². The number of hydrogen-bond acceptors (Lipinski definition) is 4. The monoisotopic (exact) mass is 261 g/mol. The Morgan fingerprint density at radius 2 is 2.11 bits per heavy atom. The summed E-state index contributed by atoms with van der Waals surface area (Å²) < 4.78 is 11.5. The van der Waals surface area contributed by atoms with Crippen molar-refractivity contribution in [2.45, 2.75) is 6.54 Å². The lowest BCUT2D eigenvalue weighted by molar-refractivity contribution is -0.145. The van der Waals surface area contributed by atoms with Crippen LogP contribution in [0.1, 0.15) is 10.4 Å². The Balaban J connectivity index is 2.16. The third-order valence-electron chi connectivity index (χ3n) is 2.80. The molecule has 100 valence electrons. The highest BCUT2D eigenvalue weighted by atomic mass is 16.6. The van der Waals surface area contributed by atoms with Gasteiger partial charge in [0.25, 0.3) is 0 Å². The number of para-hydroxylation sites is 1. The number of hydrogen-bond donors (Lipinski definition) is 0. The molecule has 0 N–H and O–H groups in total. The second-order valence-electron chi connectivity index (χ2n) is 4.06. The van der Waals surface area contributed by atoms with Crippen LogP contribution in [0.15, 0.2) is 30.5 Å². The van der Waals surface area contributed by atoms with Crippen LogP contribution in [0.25, 0.3) is 10.9 Å². The third-order valence-corrected chi connectivity index (χ3v) is 2.80. The van der Waals surface area contributed by atoms with Gasteiger partial charge in [-0.05, 0) is 6.07 Å². The zero-order valence-electron chi connectivity index (χ0n) is 10.7. The molecule has 2 rings (SSSR count). The topological polar surface area (TPSA) is 57.5 Å². The fourth-order valence-electron chi connectivity index (χ4n) is 1.92. The largest absolute Gasteiger partial charge is 0.462 e. The summed E-state index contributed by atoms with van der Waals surface area (Å²) >= 11 is 0. The van der Waals surface area contributed by atoms with Crippen molar-refractivity contribution in [3.8, 4) is 0 Å². The van der Waals surface area contributed by atoms with Crippen molar-refractivity contribution in [1.82, 2.24) is 4.57 Å². The number of benzene rings is 1. The molecule has 0 amide bonds. The zero-order valence-corrected chi connectivity index (χ0v) is 10.7. The molecule has 0 atom stereocenters. The average molecular weight is 261 g/mol. The summed E-state index contributed by atoms with van der Waals surface area (Å²) in [6.07, 6.45) is 2.45. The van der Waals surface area contributed by atoms with Gasteiger partial charge in [-0.15, -0.1) is 0 Å². The Bertz CT molecular complexity index is 588. The van der Waals surface area contributed by atoms with Crippen molar-refractivity contribution in [3.63, 3.8) is 0 Å². The summed E-state index contributed by atoms with van der Waals surface area (Å²) in [4.78, 5) is 22.6. The lowest BCUT2D eigenvalue weighted by Crippen LogP contribution is -2.15. The molecule has 1 aromatic heterocycles. The number of carbonyl (C=O) groups excluding carboxylic acids is 2. The molecule has 0 aliphatic rings. The zero-order chi connectivity index (χ0) is 13.7. The second-order valence-corrected chi connectivity index (χ2v) is 4.06. The van der Waals surface area contributed by atoms with E-state index in [1.807, 2.05) is 24.3 Å². The smallest absolute Gasteiger partial charge is 0.326 e. The quantitative estimate of drug-likeness (QED) is 0.450. The van der Waals surface area contributed by atoms with E-state index in [4.69, 9.17) is 9.47 Å². The fourth-order valence-corrected chi connectivity index (χ4v) is 1.92. The molecule has 0 aliphatic carbocycles. The maximum atomic E-state index is 11.6. The molecule has 2 aromatic rings. The predicted molar refractivity (Wildman–Crippen MR) is 70.2 cm³/mol. The van der Waals surface area contributed by atoms with Crippen molar-refractivity contribution in [2.75, 3.05) is 20.3 Å². The van der Waals surface area contributed by atoms with Crippen molar-refractivity contribution >= 4 is 23.2 Å². The third kappa shape index (κ3) is 3.00. The molecule has 0 bridgehead atoms. The minimum Gasteiger partial charge on any atom is -0.462 e. The number of methoxy groups -OCH3 is 1. The van der Waals surface area contributed by atoms with Crippen LogP contribution >= 0.6 is 0 Å². The predicted octanol–water partition coefficient (Wildman–Crippen LogP) is 1.64. The van der Waals surface area contributed by atoms with E-state index in [0.717, 1.165) is 17.2 Å². The van der Waals surface area contributed by atoms with Gasteiger partial charge in [-0.2, -0.15) is 0 Å². The Morgan fingerprint density at radius 1 is 1.32 bits per heavy atom. The van der Waals surface area contributed by atoms with Crippen LogP contribution < -0.4 is 0 Å². The van der Waals surface area contributed by atoms with Gasteiger partial charge < -0.3 is 14.0 Å². The number of aldehydes is 1. The van der Waals surface area contributed by atoms with Crippen LogP contribution in [0, 0.1) is 0 Å². The SMILES string of the molecule is COCCOC(=O)Cn1cc(C=O)c2ccccc21. The van der Waals surface area contributed by atoms with Crippen LogP contribution in [0.5, 0.6) is 0 Å². The van der Waals surface area contributed by atoms with Gasteiger partial charge in [0.15, 0.2) is 6.29 Å². The minimum atomic E-state index is -0.352. The maximum absolute atomic E-state index is 11.6. The standard InChI is InChI=1S/C14H15NO4/c1-18-6-7-19-14(17)9-15-8-11(10-16)12-4-2-3-5-13(12)15/h2-5,8,10H,6-7,9H2,1H3. The van der Waals surface area contributed by atoms with Gasteiger partial charge in [0, 0.05) is 29.8 Å². The van der Waals surface area contributed by atoms with Gasteiger partial charge in [-0.3, -0.25) is 9.59 Å². The van der Waals surface area contributed by atoms with E-state index in [1.165, 1.54) is 0 Å². The highest BCUT2D eigenvalue weighted by molar-refractivity contribution is 5.98. The number of rotatable bonds is 6. The van der Waals surface area contributed by atoms with E-state index < -0.39 is 0 Å². The molecule has 5 nitrogen and oxygen atoms in total. The Morgan fingerprint density at radius 3 is 2.84 bits per heavy atom. The van der Waals surface area contributed by atoms with Crippen LogP contribution in [0.4, 0.5) is 0 Å². The molecule has 1 heterocycles. The summed E-state index contributed by atoms with van der Waals surface area (Å²) in [7, 11) is 1.55. The normalized spacial score (nSPS) is 10.6. The Hall–Kier alpha value is -2.14. The van der Waals surface area contributed by atoms with Crippen molar-refractivity contribution in [2.24, 2.45) is 0 Å². The van der Waals surface area contributed by atoms with Crippen molar-refractivity contribution < 1.29 is 19.1 Å². The number of fused-ring (bicyclic) bond motifs is 1. The number of ether oxygens (including phenoxy) is 2. The van der Waals surface area contributed by atoms with Crippen LogP contribution in [-0.4, -0.2) is 37.1 Å². The summed E-state index contributed by atoms with van der Waals surface area (Å²) in [5, 5.41) is 0.835. The molecule has 0 saturated carbocycles. The molecular formula is C14H15NO4.